The molecule has 1 aromatic carbocycles. The van der Waals surface area contributed by atoms with Crippen LogP contribution in [0.5, 0.6) is 0 Å². The fourth-order valence-electron chi connectivity index (χ4n) is 3.88. The first-order chi connectivity index (χ1) is 13.4. The monoisotopic (exact) mass is 417 g/mol. The lowest BCUT2D eigenvalue weighted by Crippen LogP contribution is -2.28. The molecule has 1 atom stereocenters. The Kier molecular flexibility index (Phi) is 5.12. The molecule has 0 saturated carbocycles. The molecular formula is C20H20ClN3O3S. The molecule has 146 valence electrons. The highest BCUT2D eigenvalue weighted by Gasteiger charge is 2.36. The number of hydrogen-bond donors (Lipinski definition) is 2. The Hall–Kier alpha value is -2.38. The van der Waals surface area contributed by atoms with Gasteiger partial charge in [0.2, 0.25) is 11.8 Å². The van der Waals surface area contributed by atoms with Crippen LogP contribution in [0.15, 0.2) is 24.3 Å². The molecule has 2 heterocycles. The van der Waals surface area contributed by atoms with Crippen molar-refractivity contribution in [2.24, 2.45) is 11.7 Å². The predicted octanol–water partition coefficient (Wildman–Crippen LogP) is 3.37. The Labute approximate surface area is 171 Å². The van der Waals surface area contributed by atoms with E-state index < -0.39 is 11.8 Å². The van der Waals surface area contributed by atoms with E-state index in [0.717, 1.165) is 36.1 Å². The number of thiophene rings is 1. The lowest BCUT2D eigenvalue weighted by molar-refractivity contribution is -0.122. The smallest absolute Gasteiger partial charge is 0.251 e. The number of carbonyl (C=O) groups excluding carboxylic acids is 3. The molecule has 28 heavy (non-hydrogen) atoms. The normalized spacial score (nSPS) is 18.8. The van der Waals surface area contributed by atoms with Gasteiger partial charge in [-0.3, -0.25) is 14.4 Å². The number of carbonyl (C=O) groups is 3. The summed E-state index contributed by atoms with van der Waals surface area (Å²) in [5, 5.41) is 3.98. The standard InChI is InChI=1S/C20H20ClN3O3S/c21-12-5-7-13(8-6-12)24-10-11(9-16(24)25)19(27)23-20-17(18(22)26)14-3-1-2-4-15(14)28-20/h5-8,11H,1-4,9-10H2,(H2,22,26)(H,23,27)/t11-/m0/s1. The van der Waals surface area contributed by atoms with Gasteiger partial charge in [-0.15, -0.1) is 11.3 Å². The molecule has 6 nitrogen and oxygen atoms in total. The number of nitrogens with two attached hydrogens (primary N) is 1. The van der Waals surface area contributed by atoms with Gasteiger partial charge in [-0.1, -0.05) is 11.6 Å². The summed E-state index contributed by atoms with van der Waals surface area (Å²) < 4.78 is 0. The number of rotatable bonds is 4. The van der Waals surface area contributed by atoms with Crippen molar-refractivity contribution in [2.45, 2.75) is 32.1 Å². The number of nitrogens with one attached hydrogen (secondary N) is 1. The van der Waals surface area contributed by atoms with E-state index >= 15 is 0 Å². The highest BCUT2D eigenvalue weighted by Crippen LogP contribution is 2.38. The van der Waals surface area contributed by atoms with Crippen LogP contribution in [-0.2, 0) is 22.4 Å². The lowest BCUT2D eigenvalue weighted by Gasteiger charge is -2.16. The third kappa shape index (κ3) is 3.52. The molecular weight excluding hydrogens is 398 g/mol. The van der Waals surface area contributed by atoms with Crippen molar-refractivity contribution in [3.05, 3.63) is 45.3 Å². The molecule has 8 heteroatoms. The molecule has 2 aliphatic rings. The molecule has 2 aromatic rings. The van der Waals surface area contributed by atoms with Crippen molar-refractivity contribution in [1.82, 2.24) is 0 Å². The second-order valence-electron chi connectivity index (χ2n) is 7.15. The van der Waals surface area contributed by atoms with E-state index in [1.165, 1.54) is 11.3 Å². The number of anilines is 2. The summed E-state index contributed by atoms with van der Waals surface area (Å²) >= 11 is 7.33. The molecule has 1 aliphatic heterocycles. The number of fused-ring (bicyclic) bond motifs is 1. The van der Waals surface area contributed by atoms with Crippen molar-refractivity contribution in [1.29, 1.82) is 0 Å². The summed E-state index contributed by atoms with van der Waals surface area (Å²) in [6.07, 6.45) is 3.94. The number of primary amides is 1. The third-order valence-corrected chi connectivity index (χ3v) is 6.75. The zero-order valence-corrected chi connectivity index (χ0v) is 16.7. The van der Waals surface area contributed by atoms with E-state index in [1.54, 1.807) is 29.2 Å². The van der Waals surface area contributed by atoms with Crippen molar-refractivity contribution in [3.8, 4) is 0 Å². The van der Waals surface area contributed by atoms with Gasteiger partial charge in [-0.25, -0.2) is 0 Å². The molecule has 0 unspecified atom stereocenters. The summed E-state index contributed by atoms with van der Waals surface area (Å²) in [7, 11) is 0. The van der Waals surface area contributed by atoms with E-state index in [4.69, 9.17) is 17.3 Å². The maximum absolute atomic E-state index is 12.8. The van der Waals surface area contributed by atoms with Gasteiger partial charge >= 0.3 is 0 Å². The molecule has 0 bridgehead atoms. The summed E-state index contributed by atoms with van der Waals surface area (Å²) in [6, 6.07) is 6.96. The van der Waals surface area contributed by atoms with Crippen molar-refractivity contribution in [2.75, 3.05) is 16.8 Å². The van der Waals surface area contributed by atoms with E-state index in [2.05, 4.69) is 5.32 Å². The minimum atomic E-state index is -0.514. The second-order valence-corrected chi connectivity index (χ2v) is 8.69. The number of aryl methyl sites for hydroxylation is 1. The molecule has 3 N–H and O–H groups in total. The summed E-state index contributed by atoms with van der Waals surface area (Å²) in [6.45, 7) is 0.295. The Morgan fingerprint density at radius 3 is 2.61 bits per heavy atom. The van der Waals surface area contributed by atoms with Gasteiger partial charge in [0.05, 0.1) is 11.5 Å². The van der Waals surface area contributed by atoms with Crippen LogP contribution in [0, 0.1) is 5.92 Å². The van der Waals surface area contributed by atoms with Crippen LogP contribution in [0.3, 0.4) is 0 Å². The maximum Gasteiger partial charge on any atom is 0.251 e. The Balaban J connectivity index is 1.52. The fraction of sp³-hybridized carbons (Fsp3) is 0.350. The minimum absolute atomic E-state index is 0.108. The molecule has 4 rings (SSSR count). The van der Waals surface area contributed by atoms with Crippen LogP contribution < -0.4 is 16.0 Å². The quantitative estimate of drug-likeness (QED) is 0.798. The van der Waals surface area contributed by atoms with Gasteiger partial charge in [0, 0.05) is 28.6 Å². The van der Waals surface area contributed by atoms with Crippen molar-refractivity contribution in [3.63, 3.8) is 0 Å². The molecule has 1 aliphatic carbocycles. The third-order valence-electron chi connectivity index (χ3n) is 5.29. The Morgan fingerprint density at radius 2 is 1.89 bits per heavy atom. The second kappa shape index (κ2) is 7.56. The van der Waals surface area contributed by atoms with Crippen LogP contribution in [0.4, 0.5) is 10.7 Å². The lowest BCUT2D eigenvalue weighted by atomic mass is 9.95. The number of benzene rings is 1. The average molecular weight is 418 g/mol. The molecule has 1 saturated heterocycles. The summed E-state index contributed by atoms with van der Waals surface area (Å²) in [5.41, 5.74) is 7.72. The zero-order valence-electron chi connectivity index (χ0n) is 15.2. The van der Waals surface area contributed by atoms with E-state index in [9.17, 15) is 14.4 Å². The number of halogens is 1. The van der Waals surface area contributed by atoms with Crippen LogP contribution in [0.1, 0.15) is 40.1 Å². The van der Waals surface area contributed by atoms with E-state index in [1.807, 2.05) is 0 Å². The Bertz CT molecular complexity index is 954. The molecule has 3 amide bonds. The summed E-state index contributed by atoms with van der Waals surface area (Å²) in [5.74, 6) is -1.36. The van der Waals surface area contributed by atoms with Crippen LogP contribution >= 0.6 is 22.9 Å². The van der Waals surface area contributed by atoms with E-state index in [0.29, 0.717) is 27.8 Å². The topological polar surface area (TPSA) is 92.5 Å². The van der Waals surface area contributed by atoms with Gasteiger partial charge in [-0.2, -0.15) is 0 Å². The largest absolute Gasteiger partial charge is 0.365 e. The number of amides is 3. The molecule has 1 fully saturated rings. The first-order valence-electron chi connectivity index (χ1n) is 9.25. The van der Waals surface area contributed by atoms with Crippen LogP contribution in [-0.4, -0.2) is 24.3 Å². The Morgan fingerprint density at radius 1 is 1.18 bits per heavy atom. The van der Waals surface area contributed by atoms with Crippen molar-refractivity contribution >= 4 is 51.3 Å². The van der Waals surface area contributed by atoms with Crippen LogP contribution in [0.25, 0.3) is 0 Å². The highest BCUT2D eigenvalue weighted by molar-refractivity contribution is 7.17. The zero-order chi connectivity index (χ0) is 19.8. The van der Waals surface area contributed by atoms with Gasteiger partial charge < -0.3 is 16.0 Å². The minimum Gasteiger partial charge on any atom is -0.365 e. The molecule has 1 aromatic heterocycles. The molecule has 0 radical (unpaired) electrons. The SMILES string of the molecule is NC(=O)c1c(NC(=O)[C@H]2CC(=O)N(c3ccc(Cl)cc3)C2)sc2c1CCCC2. The predicted molar refractivity (Wildman–Crippen MR) is 110 cm³/mol. The average Bonchev–Trinajstić information content (AvgIpc) is 3.22. The number of nitrogens with zero attached hydrogens (tertiary/aromatic N) is 1. The molecule has 0 spiro atoms. The van der Waals surface area contributed by atoms with Gasteiger partial charge in [0.25, 0.3) is 5.91 Å². The van der Waals surface area contributed by atoms with E-state index in [-0.39, 0.29) is 18.2 Å². The first-order valence-corrected chi connectivity index (χ1v) is 10.4. The van der Waals surface area contributed by atoms with Gasteiger partial charge in [0.1, 0.15) is 5.00 Å². The van der Waals surface area contributed by atoms with Crippen molar-refractivity contribution < 1.29 is 14.4 Å². The highest BCUT2D eigenvalue weighted by atomic mass is 35.5. The van der Waals surface area contributed by atoms with Gasteiger partial charge in [0.15, 0.2) is 0 Å². The fourth-order valence-corrected chi connectivity index (χ4v) is 5.31. The van der Waals surface area contributed by atoms with Gasteiger partial charge in [-0.05, 0) is 55.5 Å². The summed E-state index contributed by atoms with van der Waals surface area (Å²) in [4.78, 5) is 39.9. The first kappa shape index (κ1) is 19.0. The maximum atomic E-state index is 12.8. The van der Waals surface area contributed by atoms with Crippen LogP contribution in [0.2, 0.25) is 5.02 Å². The number of hydrogen-bond acceptors (Lipinski definition) is 4.